The number of likely N-dealkylation sites (tertiary alicyclic amines) is 1. The minimum absolute atomic E-state index is 0.235. The molecule has 0 radical (unpaired) electrons. The standard InChI is InChI=1S/C25H31N3O2/c1-3-19-7-9-21(10-8-19)30-16-4-5-24(29)28-14-12-20(13-15-28)25-26-22-11-6-18(2)17-23(22)27-25/h6-11,17,20H,3-5,12-16H2,1-2H3,(H,26,27). The minimum Gasteiger partial charge on any atom is -0.494 e. The van der Waals surface area contributed by atoms with E-state index >= 15 is 0 Å². The van der Waals surface area contributed by atoms with Gasteiger partial charge in [0.25, 0.3) is 0 Å². The van der Waals surface area contributed by atoms with Crippen molar-refractivity contribution in [1.29, 1.82) is 0 Å². The van der Waals surface area contributed by atoms with Crippen LogP contribution in [0.4, 0.5) is 0 Å². The van der Waals surface area contributed by atoms with Crippen molar-refractivity contribution >= 4 is 16.9 Å². The Labute approximate surface area is 178 Å². The Hall–Kier alpha value is -2.82. The molecule has 2 aromatic carbocycles. The molecule has 2 heterocycles. The molecule has 0 atom stereocenters. The number of rotatable bonds is 7. The first-order chi connectivity index (χ1) is 14.6. The number of ether oxygens (including phenoxy) is 1. The Morgan fingerprint density at radius 1 is 1.17 bits per heavy atom. The zero-order chi connectivity index (χ0) is 20.9. The van der Waals surface area contributed by atoms with Crippen molar-refractivity contribution in [2.45, 2.75) is 51.9 Å². The van der Waals surface area contributed by atoms with Gasteiger partial charge < -0.3 is 14.6 Å². The van der Waals surface area contributed by atoms with E-state index in [1.807, 2.05) is 17.0 Å². The third kappa shape index (κ3) is 4.84. The Morgan fingerprint density at radius 2 is 1.93 bits per heavy atom. The zero-order valence-electron chi connectivity index (χ0n) is 18.0. The average Bonchev–Trinajstić information content (AvgIpc) is 3.20. The number of nitrogens with zero attached hydrogens (tertiary/aromatic N) is 2. The number of carbonyl (C=O) groups excluding carboxylic acids is 1. The van der Waals surface area contributed by atoms with Gasteiger partial charge in [-0.15, -0.1) is 0 Å². The predicted molar refractivity (Wildman–Crippen MR) is 120 cm³/mol. The van der Waals surface area contributed by atoms with Gasteiger partial charge >= 0.3 is 0 Å². The molecule has 1 aliphatic heterocycles. The van der Waals surface area contributed by atoms with Crippen molar-refractivity contribution < 1.29 is 9.53 Å². The first kappa shape index (κ1) is 20.5. The summed E-state index contributed by atoms with van der Waals surface area (Å²) in [5.74, 6) is 2.57. The Balaban J connectivity index is 1.20. The second-order valence-corrected chi connectivity index (χ2v) is 8.25. The molecule has 1 fully saturated rings. The molecule has 158 valence electrons. The molecule has 1 aromatic heterocycles. The topological polar surface area (TPSA) is 58.2 Å². The number of aryl methyl sites for hydroxylation is 2. The Kier molecular flexibility index (Phi) is 6.36. The number of piperidine rings is 1. The van der Waals surface area contributed by atoms with Gasteiger partial charge in [-0.1, -0.05) is 25.1 Å². The van der Waals surface area contributed by atoms with Crippen LogP contribution in [0.3, 0.4) is 0 Å². The highest BCUT2D eigenvalue weighted by atomic mass is 16.5. The Morgan fingerprint density at radius 3 is 2.67 bits per heavy atom. The number of benzene rings is 2. The third-order valence-corrected chi connectivity index (χ3v) is 6.03. The van der Waals surface area contributed by atoms with E-state index in [0.29, 0.717) is 18.9 Å². The van der Waals surface area contributed by atoms with Gasteiger partial charge in [-0.3, -0.25) is 4.79 Å². The van der Waals surface area contributed by atoms with Gasteiger partial charge in [-0.2, -0.15) is 0 Å². The summed E-state index contributed by atoms with van der Waals surface area (Å²) in [6.07, 6.45) is 4.25. The molecule has 1 N–H and O–H groups in total. The maximum Gasteiger partial charge on any atom is 0.222 e. The Bertz CT molecular complexity index is 985. The van der Waals surface area contributed by atoms with Crippen LogP contribution >= 0.6 is 0 Å². The number of aromatic nitrogens is 2. The first-order valence-electron chi connectivity index (χ1n) is 11.1. The fourth-order valence-electron chi connectivity index (χ4n) is 4.13. The van der Waals surface area contributed by atoms with Gasteiger partial charge in [0.2, 0.25) is 5.91 Å². The largest absolute Gasteiger partial charge is 0.494 e. The number of hydrogen-bond acceptors (Lipinski definition) is 3. The molecule has 5 nitrogen and oxygen atoms in total. The molecule has 1 amide bonds. The number of aromatic amines is 1. The van der Waals surface area contributed by atoms with E-state index < -0.39 is 0 Å². The van der Waals surface area contributed by atoms with Crippen LogP contribution in [0.2, 0.25) is 0 Å². The lowest BCUT2D eigenvalue weighted by Gasteiger charge is -2.31. The molecule has 30 heavy (non-hydrogen) atoms. The summed E-state index contributed by atoms with van der Waals surface area (Å²) in [4.78, 5) is 22.8. The number of carbonyl (C=O) groups is 1. The number of H-pyrrole nitrogens is 1. The van der Waals surface area contributed by atoms with Crippen molar-refractivity contribution in [2.75, 3.05) is 19.7 Å². The lowest BCUT2D eigenvalue weighted by atomic mass is 9.96. The van der Waals surface area contributed by atoms with E-state index in [2.05, 4.69) is 49.2 Å². The van der Waals surface area contributed by atoms with Crippen LogP contribution in [0.5, 0.6) is 5.75 Å². The van der Waals surface area contributed by atoms with E-state index in [1.54, 1.807) is 0 Å². The van der Waals surface area contributed by atoms with Crippen molar-refractivity contribution in [3.63, 3.8) is 0 Å². The molecular weight excluding hydrogens is 374 g/mol. The van der Waals surface area contributed by atoms with E-state index in [1.165, 1.54) is 11.1 Å². The van der Waals surface area contributed by atoms with Gasteiger partial charge in [0.1, 0.15) is 11.6 Å². The summed E-state index contributed by atoms with van der Waals surface area (Å²) in [5, 5.41) is 0. The second-order valence-electron chi connectivity index (χ2n) is 8.25. The zero-order valence-corrected chi connectivity index (χ0v) is 18.0. The maximum atomic E-state index is 12.6. The van der Waals surface area contributed by atoms with Gasteiger partial charge in [-0.05, 0) is 68.0 Å². The van der Waals surface area contributed by atoms with Gasteiger partial charge in [-0.25, -0.2) is 4.98 Å². The fraction of sp³-hybridized carbons (Fsp3) is 0.440. The summed E-state index contributed by atoms with van der Waals surface area (Å²) in [6, 6.07) is 14.5. The van der Waals surface area contributed by atoms with E-state index in [-0.39, 0.29) is 5.91 Å². The average molecular weight is 406 g/mol. The van der Waals surface area contributed by atoms with Crippen LogP contribution < -0.4 is 4.74 Å². The van der Waals surface area contributed by atoms with Gasteiger partial charge in [0, 0.05) is 25.4 Å². The van der Waals surface area contributed by atoms with Crippen LogP contribution in [0.15, 0.2) is 42.5 Å². The summed E-state index contributed by atoms with van der Waals surface area (Å²) in [7, 11) is 0. The molecule has 3 aromatic rings. The smallest absolute Gasteiger partial charge is 0.222 e. The molecule has 5 heteroatoms. The van der Waals surface area contributed by atoms with E-state index in [9.17, 15) is 4.79 Å². The molecule has 0 bridgehead atoms. The number of fused-ring (bicyclic) bond motifs is 1. The van der Waals surface area contributed by atoms with Crippen LogP contribution in [-0.4, -0.2) is 40.5 Å². The van der Waals surface area contributed by atoms with Gasteiger partial charge in [0.15, 0.2) is 0 Å². The van der Waals surface area contributed by atoms with Gasteiger partial charge in [0.05, 0.1) is 17.6 Å². The summed E-state index contributed by atoms with van der Waals surface area (Å²) < 4.78 is 5.77. The molecule has 0 spiro atoms. The molecule has 0 saturated carbocycles. The molecule has 0 unspecified atom stereocenters. The highest BCUT2D eigenvalue weighted by molar-refractivity contribution is 5.77. The van der Waals surface area contributed by atoms with Crippen LogP contribution in [-0.2, 0) is 11.2 Å². The molecule has 1 aliphatic rings. The van der Waals surface area contributed by atoms with Crippen LogP contribution in [0.1, 0.15) is 55.5 Å². The van der Waals surface area contributed by atoms with Crippen LogP contribution in [0, 0.1) is 6.92 Å². The quantitative estimate of drug-likeness (QED) is 0.563. The number of amides is 1. The number of nitrogens with one attached hydrogen (secondary N) is 1. The van der Waals surface area contributed by atoms with Crippen molar-refractivity contribution in [2.24, 2.45) is 0 Å². The summed E-state index contributed by atoms with van der Waals surface area (Å²) >= 11 is 0. The van der Waals surface area contributed by atoms with Crippen molar-refractivity contribution in [3.05, 3.63) is 59.4 Å². The minimum atomic E-state index is 0.235. The summed E-state index contributed by atoms with van der Waals surface area (Å²) in [5.41, 5.74) is 4.67. The first-order valence-corrected chi connectivity index (χ1v) is 11.1. The molecular formula is C25H31N3O2. The second kappa shape index (κ2) is 9.33. The monoisotopic (exact) mass is 405 g/mol. The predicted octanol–water partition coefficient (Wildman–Crippen LogP) is 5.00. The van der Waals surface area contributed by atoms with Crippen LogP contribution in [0.25, 0.3) is 11.0 Å². The van der Waals surface area contributed by atoms with Crippen molar-refractivity contribution in [3.8, 4) is 5.75 Å². The van der Waals surface area contributed by atoms with E-state index in [4.69, 9.17) is 9.72 Å². The SMILES string of the molecule is CCc1ccc(OCCCC(=O)N2CCC(c3nc4ccc(C)cc4[nH]3)CC2)cc1. The highest BCUT2D eigenvalue weighted by Crippen LogP contribution is 2.28. The lowest BCUT2D eigenvalue weighted by Crippen LogP contribution is -2.38. The van der Waals surface area contributed by atoms with Crippen molar-refractivity contribution in [1.82, 2.24) is 14.9 Å². The number of hydrogen-bond donors (Lipinski definition) is 1. The summed E-state index contributed by atoms with van der Waals surface area (Å²) in [6.45, 7) is 6.42. The molecule has 0 aliphatic carbocycles. The molecule has 4 rings (SSSR count). The highest BCUT2D eigenvalue weighted by Gasteiger charge is 2.25. The maximum absolute atomic E-state index is 12.6. The third-order valence-electron chi connectivity index (χ3n) is 6.03. The normalized spacial score (nSPS) is 14.9. The fourth-order valence-corrected chi connectivity index (χ4v) is 4.13. The molecule has 1 saturated heterocycles. The van der Waals surface area contributed by atoms with E-state index in [0.717, 1.165) is 61.4 Å². The lowest BCUT2D eigenvalue weighted by molar-refractivity contribution is -0.132. The number of imidazole rings is 1.